The lowest BCUT2D eigenvalue weighted by Gasteiger charge is -2.16. The van der Waals surface area contributed by atoms with Crippen LogP contribution in [-0.2, 0) is 11.3 Å². The van der Waals surface area contributed by atoms with Crippen molar-refractivity contribution in [2.45, 2.75) is 19.4 Å². The van der Waals surface area contributed by atoms with E-state index in [1.165, 1.54) is 43.5 Å². The van der Waals surface area contributed by atoms with Crippen LogP contribution in [0.4, 0.5) is 11.4 Å². The predicted octanol–water partition coefficient (Wildman–Crippen LogP) is 5.11. The van der Waals surface area contributed by atoms with Gasteiger partial charge in [0.2, 0.25) is 11.7 Å². The van der Waals surface area contributed by atoms with E-state index in [1.807, 2.05) is 24.3 Å². The number of nitrogens with one attached hydrogen (secondary N) is 1. The Morgan fingerprint density at radius 3 is 2.49 bits per heavy atom. The maximum Gasteiger partial charge on any atom is 0.313 e. The Labute approximate surface area is 206 Å². The first-order valence-corrected chi connectivity index (χ1v) is 11.2. The number of hydrogen-bond donors (Lipinski definition) is 1. The van der Waals surface area contributed by atoms with Crippen LogP contribution < -0.4 is 19.7 Å². The second-order valence-electron chi connectivity index (χ2n) is 7.83. The number of benzene rings is 3. The molecule has 0 atom stereocenters. The van der Waals surface area contributed by atoms with E-state index in [0.717, 1.165) is 24.2 Å². The fraction of sp³-hybridized carbons (Fsp3) is 0.200. The second kappa shape index (κ2) is 10.4. The fourth-order valence-electron chi connectivity index (χ4n) is 3.73. The molecular weight excluding hydrogens is 474 g/mol. The third-order valence-electron chi connectivity index (χ3n) is 5.54. The molecule has 4 rings (SSSR count). The number of carbonyl (C=O) groups is 2. The van der Waals surface area contributed by atoms with Crippen LogP contribution in [0.2, 0.25) is 5.02 Å². The van der Waals surface area contributed by atoms with Gasteiger partial charge in [0.05, 0.1) is 12.0 Å². The van der Waals surface area contributed by atoms with Crippen LogP contribution in [0, 0.1) is 10.1 Å². The summed E-state index contributed by atoms with van der Waals surface area (Å²) >= 11 is 5.85. The van der Waals surface area contributed by atoms with Crippen molar-refractivity contribution in [3.05, 3.63) is 86.9 Å². The quantitative estimate of drug-likeness (QED) is 0.343. The highest BCUT2D eigenvalue weighted by molar-refractivity contribution is 6.30. The minimum Gasteiger partial charge on any atom is -0.493 e. The highest BCUT2D eigenvalue weighted by Gasteiger charge is 2.22. The van der Waals surface area contributed by atoms with Crippen molar-refractivity contribution in [3.8, 4) is 17.2 Å². The van der Waals surface area contributed by atoms with Crippen molar-refractivity contribution in [2.24, 2.45) is 0 Å². The molecule has 10 heteroatoms. The van der Waals surface area contributed by atoms with E-state index in [0.29, 0.717) is 18.5 Å². The topological polar surface area (TPSA) is 111 Å². The Hall–Kier alpha value is -4.11. The zero-order valence-electron chi connectivity index (χ0n) is 18.8. The number of hydrogen-bond acceptors (Lipinski definition) is 6. The monoisotopic (exact) mass is 495 g/mol. The lowest BCUT2D eigenvalue weighted by molar-refractivity contribution is -0.385. The summed E-state index contributed by atoms with van der Waals surface area (Å²) in [6.45, 7) is 1.02. The lowest BCUT2D eigenvalue weighted by Crippen LogP contribution is -2.24. The molecule has 1 aliphatic heterocycles. The van der Waals surface area contributed by atoms with Gasteiger partial charge in [-0.2, -0.15) is 0 Å². The molecule has 180 valence electrons. The first kappa shape index (κ1) is 24.0. The minimum absolute atomic E-state index is 0.00558. The summed E-state index contributed by atoms with van der Waals surface area (Å²) in [5.41, 5.74) is 1.78. The molecule has 35 heavy (non-hydrogen) atoms. The second-order valence-corrected chi connectivity index (χ2v) is 8.27. The van der Waals surface area contributed by atoms with Crippen LogP contribution in [-0.4, -0.2) is 30.4 Å². The SMILES string of the molecule is COc1cc(C(=O)NCc2ccc(N3CCCC3=O)cc2)ccc1Oc1ccc(Cl)cc1[N+](=O)[O-]. The van der Waals surface area contributed by atoms with Crippen LogP contribution in [0.5, 0.6) is 17.2 Å². The molecule has 0 bridgehead atoms. The standard InChI is InChI=1S/C25H22ClN3O6/c1-34-23-13-17(6-10-22(23)35-21-11-7-18(26)14-20(21)29(32)33)25(31)27-15-16-4-8-19(9-5-16)28-12-2-3-24(28)30/h4-11,13-14H,2-3,12,15H2,1H3,(H,27,31). The van der Waals surface area contributed by atoms with E-state index in [9.17, 15) is 19.7 Å². The predicted molar refractivity (Wildman–Crippen MR) is 130 cm³/mol. The summed E-state index contributed by atoms with van der Waals surface area (Å²) < 4.78 is 11.0. The number of halogens is 1. The number of methoxy groups -OCH3 is 1. The largest absolute Gasteiger partial charge is 0.493 e. The van der Waals surface area contributed by atoms with Gasteiger partial charge in [0.15, 0.2) is 11.5 Å². The van der Waals surface area contributed by atoms with E-state index in [2.05, 4.69) is 5.32 Å². The molecule has 0 spiro atoms. The smallest absolute Gasteiger partial charge is 0.313 e. The van der Waals surface area contributed by atoms with Gasteiger partial charge < -0.3 is 19.7 Å². The van der Waals surface area contributed by atoms with Gasteiger partial charge in [-0.3, -0.25) is 19.7 Å². The van der Waals surface area contributed by atoms with Gasteiger partial charge in [0.1, 0.15) is 0 Å². The van der Waals surface area contributed by atoms with Crippen molar-refractivity contribution in [1.82, 2.24) is 5.32 Å². The molecule has 1 aliphatic rings. The van der Waals surface area contributed by atoms with Crippen LogP contribution in [0.15, 0.2) is 60.7 Å². The first-order valence-electron chi connectivity index (χ1n) is 10.8. The molecule has 0 aromatic heterocycles. The summed E-state index contributed by atoms with van der Waals surface area (Å²) in [6.07, 6.45) is 1.43. The van der Waals surface area contributed by atoms with E-state index >= 15 is 0 Å². The number of ether oxygens (including phenoxy) is 2. The van der Waals surface area contributed by atoms with Crippen LogP contribution >= 0.6 is 11.6 Å². The van der Waals surface area contributed by atoms with E-state index in [1.54, 1.807) is 4.90 Å². The number of rotatable bonds is 8. The Kier molecular flexibility index (Phi) is 7.17. The lowest BCUT2D eigenvalue weighted by atomic mass is 10.1. The molecular formula is C25H22ClN3O6. The number of carbonyl (C=O) groups excluding carboxylic acids is 2. The van der Waals surface area contributed by atoms with Crippen LogP contribution in [0.25, 0.3) is 0 Å². The van der Waals surface area contributed by atoms with Gasteiger partial charge >= 0.3 is 5.69 Å². The van der Waals surface area contributed by atoms with Crippen molar-refractivity contribution < 1.29 is 24.0 Å². The molecule has 1 fully saturated rings. The van der Waals surface area contributed by atoms with Crippen LogP contribution in [0.3, 0.4) is 0 Å². The molecule has 2 amide bonds. The van der Waals surface area contributed by atoms with Crippen molar-refractivity contribution in [3.63, 3.8) is 0 Å². The average Bonchev–Trinajstić information content (AvgIpc) is 3.29. The molecule has 9 nitrogen and oxygen atoms in total. The minimum atomic E-state index is -0.592. The highest BCUT2D eigenvalue weighted by atomic mass is 35.5. The van der Waals surface area contributed by atoms with Gasteiger partial charge in [-0.05, 0) is 54.4 Å². The maximum atomic E-state index is 12.7. The van der Waals surface area contributed by atoms with Crippen LogP contribution in [0.1, 0.15) is 28.8 Å². The van der Waals surface area contributed by atoms with Crippen molar-refractivity contribution >= 4 is 34.8 Å². The van der Waals surface area contributed by atoms with Crippen molar-refractivity contribution in [1.29, 1.82) is 0 Å². The Morgan fingerprint density at radius 2 is 1.83 bits per heavy atom. The third kappa shape index (κ3) is 5.52. The zero-order chi connectivity index (χ0) is 24.9. The summed E-state index contributed by atoms with van der Waals surface area (Å²) in [5.74, 6) is 0.237. The third-order valence-corrected chi connectivity index (χ3v) is 5.77. The average molecular weight is 496 g/mol. The molecule has 0 saturated carbocycles. The maximum absolute atomic E-state index is 12.7. The summed E-state index contributed by atoms with van der Waals surface area (Å²) in [5, 5.41) is 14.4. The number of amides is 2. The number of nitro benzene ring substituents is 1. The zero-order valence-corrected chi connectivity index (χ0v) is 19.6. The normalized spacial score (nSPS) is 13.0. The van der Waals surface area contributed by atoms with Gasteiger partial charge in [0.25, 0.3) is 5.91 Å². The molecule has 3 aromatic carbocycles. The molecule has 1 saturated heterocycles. The Balaban J connectivity index is 1.43. The highest BCUT2D eigenvalue weighted by Crippen LogP contribution is 2.38. The molecule has 1 heterocycles. The first-order chi connectivity index (χ1) is 16.9. The van der Waals surface area contributed by atoms with Gasteiger partial charge in [-0.15, -0.1) is 0 Å². The van der Waals surface area contributed by atoms with Gasteiger partial charge in [0, 0.05) is 41.9 Å². The number of nitrogens with zero attached hydrogens (tertiary/aromatic N) is 2. The van der Waals surface area contributed by atoms with Gasteiger partial charge in [-0.25, -0.2) is 0 Å². The Morgan fingerprint density at radius 1 is 1.09 bits per heavy atom. The number of anilines is 1. The Bertz CT molecular complexity index is 1280. The molecule has 0 unspecified atom stereocenters. The summed E-state index contributed by atoms with van der Waals surface area (Å²) in [6, 6.07) is 16.1. The molecule has 0 aliphatic carbocycles. The summed E-state index contributed by atoms with van der Waals surface area (Å²) in [7, 11) is 1.41. The fourth-order valence-corrected chi connectivity index (χ4v) is 3.90. The van der Waals surface area contributed by atoms with Gasteiger partial charge in [-0.1, -0.05) is 23.7 Å². The summed E-state index contributed by atoms with van der Waals surface area (Å²) in [4.78, 5) is 37.1. The van der Waals surface area contributed by atoms with E-state index < -0.39 is 4.92 Å². The van der Waals surface area contributed by atoms with Crippen molar-refractivity contribution in [2.75, 3.05) is 18.6 Å². The molecule has 1 N–H and O–H groups in total. The molecule has 0 radical (unpaired) electrons. The van der Waals surface area contributed by atoms with E-state index in [-0.39, 0.29) is 39.8 Å². The molecule has 3 aromatic rings. The van der Waals surface area contributed by atoms with E-state index in [4.69, 9.17) is 21.1 Å². The number of nitro groups is 1.